The maximum absolute atomic E-state index is 14.8. The number of nitrogens with zero attached hydrogens (tertiary/aromatic N) is 14. The number of aryl methyl sites for hydroxylation is 1. The number of piperazine rings is 2. The Hall–Kier alpha value is -9.75. The molecule has 35 nitrogen and oxygen atoms in total. The molecular weight excluding hydrogens is 1640 g/mol. The number of aromatic hydroxyl groups is 3. The van der Waals surface area contributed by atoms with Crippen molar-refractivity contribution in [3.05, 3.63) is 112 Å². The van der Waals surface area contributed by atoms with Gasteiger partial charge >= 0.3 is 23.9 Å². The molecular formula is C78H106LuN18O17. The molecule has 625 valence electrons. The second-order valence-corrected chi connectivity index (χ2v) is 29.3. The average Bonchev–Trinajstić information content (AvgIpc) is 1.61. The van der Waals surface area contributed by atoms with Gasteiger partial charge in [0.25, 0.3) is 11.8 Å². The number of amides is 6. The summed E-state index contributed by atoms with van der Waals surface area (Å²) in [4.78, 5) is 146. The van der Waals surface area contributed by atoms with Crippen LogP contribution in [0, 0.1) is 43.8 Å². The summed E-state index contributed by atoms with van der Waals surface area (Å²) in [5.74, 6) is -7.05. The van der Waals surface area contributed by atoms with Crippen molar-refractivity contribution < 1.29 is 121 Å². The van der Waals surface area contributed by atoms with E-state index in [-0.39, 0.29) is 199 Å². The molecule has 3 aliphatic heterocycles. The number of rotatable bonds is 33. The van der Waals surface area contributed by atoms with Gasteiger partial charge in [-0.25, -0.2) is 0 Å². The molecule has 0 saturated carbocycles. The topological polar surface area (TPSA) is 448 Å². The molecule has 6 aromatic rings. The van der Waals surface area contributed by atoms with Gasteiger partial charge in [-0.15, -0.1) is 20.4 Å². The van der Waals surface area contributed by atoms with E-state index in [1.165, 1.54) is 6.07 Å². The van der Waals surface area contributed by atoms with Gasteiger partial charge in [0, 0.05) is 217 Å². The number of nitrogens with one attached hydrogen (secondary N) is 4. The monoisotopic (exact) mass is 1740 g/mol. The average molecular weight is 1740 g/mol. The van der Waals surface area contributed by atoms with Crippen LogP contribution in [-0.4, -0.2) is 320 Å². The van der Waals surface area contributed by atoms with Crippen molar-refractivity contribution in [2.45, 2.75) is 118 Å². The molecule has 6 amide bonds. The third-order valence-corrected chi connectivity index (χ3v) is 20.5. The Labute approximate surface area is 690 Å². The molecule has 0 unspecified atom stereocenters. The summed E-state index contributed by atoms with van der Waals surface area (Å²) in [6.07, 6.45) is -1.13. The molecule has 3 aliphatic rings. The van der Waals surface area contributed by atoms with Crippen LogP contribution in [0.5, 0.6) is 17.2 Å². The number of hydrogen-bond donors (Lipinski definition) is 11. The van der Waals surface area contributed by atoms with E-state index >= 15 is 0 Å². The molecule has 9 rings (SSSR count). The molecule has 3 fully saturated rings. The smallest absolute Gasteiger partial charge is 0.320 e. The van der Waals surface area contributed by atoms with Crippen LogP contribution < -0.4 is 21.3 Å². The van der Waals surface area contributed by atoms with E-state index in [2.05, 4.69) is 51.5 Å². The van der Waals surface area contributed by atoms with Crippen LogP contribution in [-0.2, 0) is 51.4 Å². The van der Waals surface area contributed by atoms with Crippen molar-refractivity contribution in [3.63, 3.8) is 0 Å². The van der Waals surface area contributed by atoms with Gasteiger partial charge in [0.05, 0.1) is 25.2 Å². The van der Waals surface area contributed by atoms with Gasteiger partial charge in [-0.2, -0.15) is 0 Å². The fraction of sp³-hybridized carbons (Fsp3) is 0.513. The Morgan fingerprint density at radius 3 is 1.31 bits per heavy atom. The third-order valence-electron chi connectivity index (χ3n) is 20.5. The number of benzene rings is 4. The Bertz CT molecular complexity index is 4320. The van der Waals surface area contributed by atoms with Gasteiger partial charge in [0.15, 0.2) is 11.6 Å². The van der Waals surface area contributed by atoms with Gasteiger partial charge in [0.2, 0.25) is 35.3 Å². The van der Waals surface area contributed by atoms with Gasteiger partial charge in [0.1, 0.15) is 29.3 Å². The van der Waals surface area contributed by atoms with Crippen molar-refractivity contribution >= 4 is 59.3 Å². The molecule has 2 atom stereocenters. The minimum Gasteiger partial charge on any atom is -0.508 e. The molecule has 2 aromatic heterocycles. The van der Waals surface area contributed by atoms with Crippen molar-refractivity contribution in [2.75, 3.05) is 144 Å². The minimum atomic E-state index is -1.35. The number of aromatic nitrogens is 6. The predicted octanol–water partition coefficient (Wildman–Crippen LogP) is 2.82. The second kappa shape index (κ2) is 42.6. The quantitative estimate of drug-likeness (QED) is 0.0282. The summed E-state index contributed by atoms with van der Waals surface area (Å²) < 4.78 is 3.25. The van der Waals surface area contributed by atoms with Crippen LogP contribution in [0.4, 0.5) is 0 Å². The number of phenolic OH excluding ortho intramolecular Hbond substituents is 3. The fourth-order valence-corrected chi connectivity index (χ4v) is 14.3. The molecule has 0 spiro atoms. The van der Waals surface area contributed by atoms with Crippen LogP contribution in [0.25, 0.3) is 34.2 Å². The van der Waals surface area contributed by atoms with E-state index in [1.807, 2.05) is 89.2 Å². The molecule has 36 heteroatoms. The van der Waals surface area contributed by atoms with E-state index < -0.39 is 85.0 Å². The van der Waals surface area contributed by atoms with Crippen LogP contribution in [0.1, 0.15) is 135 Å². The molecule has 114 heavy (non-hydrogen) atoms. The van der Waals surface area contributed by atoms with Crippen LogP contribution in [0.15, 0.2) is 72.8 Å². The molecule has 11 N–H and O–H groups in total. The summed E-state index contributed by atoms with van der Waals surface area (Å²) in [7, 11) is 0. The number of phenols is 3. The number of carbonyl (C=O) groups excluding carboxylic acids is 6. The van der Waals surface area contributed by atoms with E-state index in [1.54, 1.807) is 64.5 Å². The van der Waals surface area contributed by atoms with Crippen molar-refractivity contribution in [1.82, 2.24) is 90.0 Å². The third kappa shape index (κ3) is 24.6. The molecule has 4 aromatic carbocycles. The van der Waals surface area contributed by atoms with Gasteiger partial charge in [-0.1, -0.05) is 52.0 Å². The zero-order valence-electron chi connectivity index (χ0n) is 65.5. The predicted molar refractivity (Wildman–Crippen MR) is 414 cm³/mol. The standard InChI is InChI=1S/C78H106N18O17.Lu/c1-8-79-75(109)73-85-83-71(58-41-56(49(3)4)62(97)40-51(58)7)95(73)54-14-10-53(11-15-54)45-88-32-38-94(39-33-88)77(111)60(82-66(101)21-19-61(78(112)113)92-34-28-90(47-69(105)106)26-24-89(46-68(103)104)25-27-91(29-35-92)48-70(107)108)18-20-65(100)81-23-22-67(102)93-36-30-87(31-37-93)44-52-12-16-55(17-13-52)96-72(84-86-74(96)76(110)80-9-2)59-42-57(50(5)6)63(98)43-64(59)99;/h10-17,40-43,49-50,60-61,97-99H,8-9,18-39,44-48H2,1-7H3,(H,79,109)(H,80,110)(H,81,100)(H,82,101)(H,103,104)(H,105,106)(H,107,108)(H,112,113);/t60-,61-;/m1./s1. The molecule has 1 radical (unpaired) electrons. The summed E-state index contributed by atoms with van der Waals surface area (Å²) in [5, 5.41) is 101. The van der Waals surface area contributed by atoms with E-state index in [9.17, 15) is 83.7 Å². The molecule has 5 heterocycles. The maximum atomic E-state index is 14.8. The molecule has 3 saturated heterocycles. The van der Waals surface area contributed by atoms with E-state index in [0.29, 0.717) is 99.3 Å². The van der Waals surface area contributed by atoms with Crippen LogP contribution in [0.3, 0.4) is 0 Å². The number of carboxylic acids is 4. The Morgan fingerprint density at radius 2 is 0.868 bits per heavy atom. The Kier molecular flexibility index (Phi) is 33.5. The van der Waals surface area contributed by atoms with Crippen molar-refractivity contribution in [1.29, 1.82) is 0 Å². The minimum absolute atomic E-state index is 0. The largest absolute Gasteiger partial charge is 0.508 e. The summed E-state index contributed by atoms with van der Waals surface area (Å²) in [6, 6.07) is 18.9. The first-order chi connectivity index (χ1) is 54.0. The van der Waals surface area contributed by atoms with E-state index in [4.69, 9.17) is 0 Å². The van der Waals surface area contributed by atoms with Crippen LogP contribution in [0.2, 0.25) is 0 Å². The fourth-order valence-electron chi connectivity index (χ4n) is 14.3. The SMILES string of the molecule is CCNC(=O)c1nnc(-c2cc(C(C)C)c(O)cc2C)n1-c1ccc(CN2CCN(C(=O)[C@@H](CCC(=O)NCCC(=O)N3CCN(Cc4ccc(-n5c(C(=O)NCC)nnc5-c5cc(C(C)C)c(O)cc5O)cc4)CC3)NC(=O)CC[C@H](C(=O)O)N3CCN(CC(=O)O)CCN(CC(=O)O)CCN(CC(=O)O)CC3)CC2)cc1.[Lu]. The summed E-state index contributed by atoms with van der Waals surface area (Å²) in [5.41, 5.74) is 6.04. The first-order valence-corrected chi connectivity index (χ1v) is 38.4. The Balaban J connectivity index is 0.0000163. The van der Waals surface area contributed by atoms with Crippen LogP contribution >= 0.6 is 0 Å². The summed E-state index contributed by atoms with van der Waals surface area (Å²) in [6.45, 7) is 17.3. The maximum Gasteiger partial charge on any atom is 0.320 e. The van der Waals surface area contributed by atoms with Gasteiger partial charge in [-0.3, -0.25) is 86.5 Å². The zero-order valence-corrected chi connectivity index (χ0v) is 67.1. The van der Waals surface area contributed by atoms with Crippen molar-refractivity contribution in [3.8, 4) is 51.4 Å². The second-order valence-electron chi connectivity index (χ2n) is 29.3. The molecule has 0 aliphatic carbocycles. The Morgan fingerprint density at radius 1 is 0.456 bits per heavy atom. The normalized spacial score (nSPS) is 15.9. The number of carbonyl (C=O) groups is 10. The number of aliphatic carboxylic acids is 4. The van der Waals surface area contributed by atoms with Gasteiger partial charge < -0.3 is 66.8 Å². The van der Waals surface area contributed by atoms with Crippen molar-refractivity contribution in [2.24, 2.45) is 0 Å². The molecule has 0 bridgehead atoms. The number of hydrogen-bond acceptors (Lipinski definition) is 23. The first kappa shape index (κ1) is 89.8. The number of carboxylic acid groups (broad SMARTS) is 4. The van der Waals surface area contributed by atoms with Gasteiger partial charge in [-0.05, 0) is 116 Å². The first-order valence-electron chi connectivity index (χ1n) is 38.4. The summed E-state index contributed by atoms with van der Waals surface area (Å²) >= 11 is 0. The zero-order chi connectivity index (χ0) is 81.7. The van der Waals surface area contributed by atoms with E-state index in [0.717, 1.165) is 16.7 Å².